The number of carbonyl (C=O) groups is 1. The number of esters is 1. The van der Waals surface area contributed by atoms with Crippen LogP contribution in [0.4, 0.5) is 0 Å². The second kappa shape index (κ2) is 5.98. The van der Waals surface area contributed by atoms with Crippen molar-refractivity contribution < 1.29 is 14.3 Å². The first-order valence-corrected chi connectivity index (χ1v) is 5.18. The SMILES string of the molecule is COC(=O)CCC(N)C1CCCCO1. The average molecular weight is 201 g/mol. The van der Waals surface area contributed by atoms with Crippen molar-refractivity contribution in [2.45, 2.75) is 44.2 Å². The molecule has 2 unspecified atom stereocenters. The lowest BCUT2D eigenvalue weighted by atomic mass is 9.99. The maximum Gasteiger partial charge on any atom is 0.305 e. The van der Waals surface area contributed by atoms with E-state index in [4.69, 9.17) is 10.5 Å². The monoisotopic (exact) mass is 201 g/mol. The van der Waals surface area contributed by atoms with E-state index in [1.165, 1.54) is 13.5 Å². The maximum atomic E-state index is 10.9. The van der Waals surface area contributed by atoms with E-state index in [-0.39, 0.29) is 18.1 Å². The smallest absolute Gasteiger partial charge is 0.305 e. The summed E-state index contributed by atoms with van der Waals surface area (Å²) in [4.78, 5) is 10.9. The quantitative estimate of drug-likeness (QED) is 0.684. The molecule has 0 aromatic carbocycles. The van der Waals surface area contributed by atoms with Crippen LogP contribution in [-0.2, 0) is 14.3 Å². The Morgan fingerprint density at radius 3 is 3.00 bits per heavy atom. The average Bonchev–Trinajstić information content (AvgIpc) is 2.26. The second-order valence-corrected chi connectivity index (χ2v) is 3.68. The zero-order valence-electron chi connectivity index (χ0n) is 8.70. The van der Waals surface area contributed by atoms with Gasteiger partial charge in [0.25, 0.3) is 0 Å². The van der Waals surface area contributed by atoms with Gasteiger partial charge in [-0.15, -0.1) is 0 Å². The lowest BCUT2D eigenvalue weighted by Gasteiger charge is -2.27. The largest absolute Gasteiger partial charge is 0.469 e. The third-order valence-corrected chi connectivity index (χ3v) is 2.60. The summed E-state index contributed by atoms with van der Waals surface area (Å²) in [6.45, 7) is 0.802. The van der Waals surface area contributed by atoms with E-state index in [1.54, 1.807) is 0 Å². The van der Waals surface area contributed by atoms with Gasteiger partial charge in [0.05, 0.1) is 13.2 Å². The van der Waals surface area contributed by atoms with E-state index >= 15 is 0 Å². The molecule has 0 aromatic heterocycles. The van der Waals surface area contributed by atoms with Crippen LogP contribution in [0.3, 0.4) is 0 Å². The van der Waals surface area contributed by atoms with Gasteiger partial charge in [-0.3, -0.25) is 4.79 Å². The van der Waals surface area contributed by atoms with Crippen molar-refractivity contribution in [3.63, 3.8) is 0 Å². The fourth-order valence-electron chi connectivity index (χ4n) is 1.68. The molecule has 1 heterocycles. The molecule has 14 heavy (non-hydrogen) atoms. The predicted octanol–water partition coefficient (Wildman–Crippen LogP) is 0.836. The van der Waals surface area contributed by atoms with E-state index in [1.807, 2.05) is 0 Å². The molecular weight excluding hydrogens is 182 g/mol. The Morgan fingerprint density at radius 2 is 2.43 bits per heavy atom. The molecular formula is C10H19NO3. The highest BCUT2D eigenvalue weighted by atomic mass is 16.5. The second-order valence-electron chi connectivity index (χ2n) is 3.68. The molecule has 0 saturated carbocycles. The normalized spacial score (nSPS) is 24.3. The van der Waals surface area contributed by atoms with Gasteiger partial charge in [0, 0.05) is 19.1 Å². The van der Waals surface area contributed by atoms with Gasteiger partial charge < -0.3 is 15.2 Å². The van der Waals surface area contributed by atoms with Gasteiger partial charge >= 0.3 is 5.97 Å². The summed E-state index contributed by atoms with van der Waals surface area (Å²) in [6, 6.07) is -0.0330. The van der Waals surface area contributed by atoms with Gasteiger partial charge in [0.15, 0.2) is 0 Å². The molecule has 0 aliphatic carbocycles. The van der Waals surface area contributed by atoms with E-state index in [0.717, 1.165) is 19.4 Å². The molecule has 4 nitrogen and oxygen atoms in total. The van der Waals surface area contributed by atoms with Crippen LogP contribution < -0.4 is 5.73 Å². The van der Waals surface area contributed by atoms with Gasteiger partial charge in [-0.25, -0.2) is 0 Å². The minimum atomic E-state index is -0.198. The molecule has 0 spiro atoms. The summed E-state index contributed by atoms with van der Waals surface area (Å²) in [5, 5.41) is 0. The van der Waals surface area contributed by atoms with E-state index in [0.29, 0.717) is 12.8 Å². The third-order valence-electron chi connectivity index (χ3n) is 2.60. The lowest BCUT2D eigenvalue weighted by Crippen LogP contribution is -2.39. The third kappa shape index (κ3) is 3.64. The first-order valence-electron chi connectivity index (χ1n) is 5.18. The summed E-state index contributed by atoms with van der Waals surface area (Å²) in [6.07, 6.45) is 4.49. The molecule has 2 atom stereocenters. The highest BCUT2D eigenvalue weighted by Crippen LogP contribution is 2.17. The number of hydrogen-bond donors (Lipinski definition) is 1. The van der Waals surface area contributed by atoms with Crippen LogP contribution in [-0.4, -0.2) is 31.8 Å². The zero-order valence-corrected chi connectivity index (χ0v) is 8.70. The van der Waals surface area contributed by atoms with Crippen molar-refractivity contribution in [2.24, 2.45) is 5.73 Å². The molecule has 2 N–H and O–H groups in total. The van der Waals surface area contributed by atoms with E-state index < -0.39 is 0 Å². The fraction of sp³-hybridized carbons (Fsp3) is 0.900. The molecule has 1 fully saturated rings. The summed E-state index contributed by atoms with van der Waals surface area (Å²) in [7, 11) is 1.39. The van der Waals surface area contributed by atoms with Crippen LogP contribution in [0, 0.1) is 0 Å². The van der Waals surface area contributed by atoms with Gasteiger partial charge in [0.1, 0.15) is 0 Å². The molecule has 1 aliphatic rings. The van der Waals surface area contributed by atoms with Crippen LogP contribution in [0.5, 0.6) is 0 Å². The number of ether oxygens (including phenoxy) is 2. The van der Waals surface area contributed by atoms with Gasteiger partial charge in [-0.1, -0.05) is 0 Å². The first-order chi connectivity index (χ1) is 6.74. The first kappa shape index (κ1) is 11.5. The number of hydrogen-bond acceptors (Lipinski definition) is 4. The predicted molar refractivity (Wildman–Crippen MR) is 52.8 cm³/mol. The van der Waals surface area contributed by atoms with Crippen molar-refractivity contribution >= 4 is 5.97 Å². The maximum absolute atomic E-state index is 10.9. The van der Waals surface area contributed by atoms with Crippen molar-refractivity contribution in [2.75, 3.05) is 13.7 Å². The number of carbonyl (C=O) groups excluding carboxylic acids is 1. The zero-order chi connectivity index (χ0) is 10.4. The summed E-state index contributed by atoms with van der Waals surface area (Å²) < 4.78 is 10.1. The molecule has 1 aliphatic heterocycles. The number of rotatable bonds is 4. The van der Waals surface area contributed by atoms with E-state index in [2.05, 4.69) is 4.74 Å². The van der Waals surface area contributed by atoms with Gasteiger partial charge in [0.2, 0.25) is 0 Å². The molecule has 0 aromatic rings. The summed E-state index contributed by atoms with van der Waals surface area (Å²) >= 11 is 0. The fourth-order valence-corrected chi connectivity index (χ4v) is 1.68. The Labute approximate surface area is 84.7 Å². The van der Waals surface area contributed by atoms with Crippen molar-refractivity contribution in [3.05, 3.63) is 0 Å². The molecule has 1 saturated heterocycles. The van der Waals surface area contributed by atoms with Crippen molar-refractivity contribution in [1.82, 2.24) is 0 Å². The van der Waals surface area contributed by atoms with Crippen molar-refractivity contribution in [1.29, 1.82) is 0 Å². The molecule has 1 rings (SSSR count). The Bertz CT molecular complexity index is 178. The molecule has 4 heteroatoms. The molecule has 0 radical (unpaired) electrons. The van der Waals surface area contributed by atoms with Gasteiger partial charge in [-0.2, -0.15) is 0 Å². The highest BCUT2D eigenvalue weighted by molar-refractivity contribution is 5.69. The van der Waals surface area contributed by atoms with Crippen LogP contribution in [0.25, 0.3) is 0 Å². The summed E-state index contributed by atoms with van der Waals surface area (Å²) in [5.74, 6) is -0.198. The van der Waals surface area contributed by atoms with Crippen molar-refractivity contribution in [3.8, 4) is 0 Å². The Morgan fingerprint density at radius 1 is 1.64 bits per heavy atom. The van der Waals surface area contributed by atoms with Gasteiger partial charge in [-0.05, 0) is 25.7 Å². The number of methoxy groups -OCH3 is 1. The minimum absolute atomic E-state index is 0.0330. The standard InChI is InChI=1S/C10H19NO3/c1-13-10(12)6-5-8(11)9-4-2-3-7-14-9/h8-9H,2-7,11H2,1H3. The van der Waals surface area contributed by atoms with Crippen LogP contribution in [0.15, 0.2) is 0 Å². The Balaban J connectivity index is 2.19. The Hall–Kier alpha value is -0.610. The topological polar surface area (TPSA) is 61.5 Å². The van der Waals surface area contributed by atoms with Crippen LogP contribution >= 0.6 is 0 Å². The van der Waals surface area contributed by atoms with Crippen LogP contribution in [0.1, 0.15) is 32.1 Å². The molecule has 0 bridgehead atoms. The molecule has 82 valence electrons. The summed E-state index contributed by atoms with van der Waals surface area (Å²) in [5.41, 5.74) is 5.92. The Kier molecular flexibility index (Phi) is 4.90. The lowest BCUT2D eigenvalue weighted by molar-refractivity contribution is -0.141. The highest BCUT2D eigenvalue weighted by Gasteiger charge is 2.21. The van der Waals surface area contributed by atoms with E-state index in [9.17, 15) is 4.79 Å². The molecule has 0 amide bonds. The minimum Gasteiger partial charge on any atom is -0.469 e. The number of nitrogens with two attached hydrogens (primary N) is 1. The van der Waals surface area contributed by atoms with Crippen LogP contribution in [0.2, 0.25) is 0 Å².